The van der Waals surface area contributed by atoms with E-state index in [1.807, 2.05) is 0 Å². The molecule has 6 nitrogen and oxygen atoms in total. The zero-order chi connectivity index (χ0) is 13.7. The number of carbonyl (C=O) groups is 2. The molecule has 3 rings (SSSR count). The minimum atomic E-state index is -0.802. The molecule has 1 aliphatic rings. The molecule has 0 atom stereocenters. The van der Waals surface area contributed by atoms with Crippen LogP contribution in [0, 0.1) is 10.1 Å². The Labute approximate surface area is 114 Å². The van der Waals surface area contributed by atoms with Crippen LogP contribution in [0.15, 0.2) is 28.7 Å². The van der Waals surface area contributed by atoms with E-state index in [0.29, 0.717) is 4.47 Å². The number of rotatable bonds is 1. The molecule has 0 spiro atoms. The van der Waals surface area contributed by atoms with E-state index in [0.717, 1.165) is 0 Å². The molecule has 0 saturated carbocycles. The summed E-state index contributed by atoms with van der Waals surface area (Å²) in [5.74, 6) is -1.59. The minimum Gasteiger partial charge on any atom is -0.386 e. The number of non-ortho nitro benzene ring substituents is 1. The third-order valence-corrected chi connectivity index (χ3v) is 3.34. The summed E-state index contributed by atoms with van der Waals surface area (Å²) in [6.07, 6.45) is 0. The highest BCUT2D eigenvalue weighted by Crippen LogP contribution is 2.36. The Hall–Kier alpha value is -2.28. The molecule has 0 saturated heterocycles. The lowest BCUT2D eigenvalue weighted by Gasteiger charge is -2.15. The predicted molar refractivity (Wildman–Crippen MR) is 68.0 cm³/mol. The van der Waals surface area contributed by atoms with Crippen molar-refractivity contribution in [2.24, 2.45) is 0 Å². The molecule has 2 aromatic rings. The van der Waals surface area contributed by atoms with Gasteiger partial charge in [0.05, 0.1) is 21.4 Å². The van der Waals surface area contributed by atoms with E-state index in [1.165, 1.54) is 24.3 Å². The number of ether oxygens (including phenoxy) is 1. The number of hydrogen-bond acceptors (Lipinski definition) is 5. The lowest BCUT2D eigenvalue weighted by molar-refractivity contribution is -0.383. The molecule has 0 aromatic heterocycles. The molecule has 0 N–H and O–H groups in total. The van der Waals surface area contributed by atoms with E-state index in [4.69, 9.17) is 0 Å². The number of halogens is 1. The number of benzene rings is 2. The minimum absolute atomic E-state index is 0.141. The Morgan fingerprint density at radius 1 is 1.11 bits per heavy atom. The number of cyclic esters (lactones) is 2. The van der Waals surface area contributed by atoms with Crippen LogP contribution in [-0.2, 0) is 4.74 Å². The predicted octanol–water partition coefficient (Wildman–Crippen LogP) is 2.82. The summed E-state index contributed by atoms with van der Waals surface area (Å²) in [6.45, 7) is 0. The van der Waals surface area contributed by atoms with E-state index in [2.05, 4.69) is 20.7 Å². The number of nitrogens with zero attached hydrogens (tertiary/aromatic N) is 1. The van der Waals surface area contributed by atoms with E-state index >= 15 is 0 Å². The monoisotopic (exact) mass is 321 g/mol. The van der Waals surface area contributed by atoms with Crippen molar-refractivity contribution in [2.75, 3.05) is 0 Å². The van der Waals surface area contributed by atoms with Gasteiger partial charge in [-0.1, -0.05) is 15.9 Å². The topological polar surface area (TPSA) is 86.5 Å². The summed E-state index contributed by atoms with van der Waals surface area (Å²) in [6, 6.07) is 5.51. The van der Waals surface area contributed by atoms with E-state index in [9.17, 15) is 19.7 Å². The second kappa shape index (κ2) is 3.86. The zero-order valence-corrected chi connectivity index (χ0v) is 10.8. The van der Waals surface area contributed by atoms with Crippen molar-refractivity contribution in [3.63, 3.8) is 0 Å². The van der Waals surface area contributed by atoms with Gasteiger partial charge in [-0.25, -0.2) is 9.59 Å². The van der Waals surface area contributed by atoms with Gasteiger partial charge >= 0.3 is 11.9 Å². The molecule has 0 aliphatic carbocycles. The van der Waals surface area contributed by atoms with Gasteiger partial charge in [0.25, 0.3) is 5.69 Å². The molecule has 19 heavy (non-hydrogen) atoms. The van der Waals surface area contributed by atoms with Crippen LogP contribution < -0.4 is 0 Å². The molecule has 0 fully saturated rings. The van der Waals surface area contributed by atoms with Crippen LogP contribution in [0.2, 0.25) is 0 Å². The largest absolute Gasteiger partial charge is 0.386 e. The van der Waals surface area contributed by atoms with Crippen LogP contribution >= 0.6 is 15.9 Å². The number of esters is 2. The van der Waals surface area contributed by atoms with Gasteiger partial charge in [-0.15, -0.1) is 0 Å². The molecular weight excluding hydrogens is 318 g/mol. The van der Waals surface area contributed by atoms with Gasteiger partial charge < -0.3 is 4.74 Å². The highest BCUT2D eigenvalue weighted by atomic mass is 79.9. The fraction of sp³-hybridized carbons (Fsp3) is 0. The molecular formula is C12H4BrNO5. The number of nitro groups is 1. The third-order valence-electron chi connectivity index (χ3n) is 2.88. The van der Waals surface area contributed by atoms with E-state index < -0.39 is 16.9 Å². The summed E-state index contributed by atoms with van der Waals surface area (Å²) in [7, 11) is 0. The summed E-state index contributed by atoms with van der Waals surface area (Å²) in [5.41, 5.74) is 0.133. The van der Waals surface area contributed by atoms with Crippen LogP contribution in [0.3, 0.4) is 0 Å². The molecule has 94 valence electrons. The van der Waals surface area contributed by atoms with E-state index in [1.54, 1.807) is 0 Å². The van der Waals surface area contributed by atoms with Crippen molar-refractivity contribution in [3.05, 3.63) is 50.0 Å². The molecule has 7 heteroatoms. The molecule has 0 bridgehead atoms. The van der Waals surface area contributed by atoms with Crippen molar-refractivity contribution in [1.82, 2.24) is 0 Å². The normalized spacial score (nSPS) is 13.5. The maximum atomic E-state index is 11.7. The fourth-order valence-electron chi connectivity index (χ4n) is 2.12. The standard InChI is InChI=1S/C12H4BrNO5/c13-5-3-7-9(14(17)18)2-1-6-10(7)8(4-5)12(16)19-11(6)15/h1-4H. The summed E-state index contributed by atoms with van der Waals surface area (Å²) < 4.78 is 5.09. The maximum absolute atomic E-state index is 11.7. The number of hydrogen-bond donors (Lipinski definition) is 0. The number of nitro benzene ring substituents is 1. The second-order valence-corrected chi connectivity index (χ2v) is 4.86. The Morgan fingerprint density at radius 2 is 1.79 bits per heavy atom. The number of carbonyl (C=O) groups excluding carboxylic acids is 2. The summed E-state index contributed by atoms with van der Waals surface area (Å²) in [5, 5.41) is 11.5. The average Bonchev–Trinajstić information content (AvgIpc) is 2.34. The van der Waals surface area contributed by atoms with Gasteiger partial charge in [0.15, 0.2) is 0 Å². The summed E-state index contributed by atoms with van der Waals surface area (Å²) in [4.78, 5) is 33.8. The van der Waals surface area contributed by atoms with Crippen LogP contribution in [0.5, 0.6) is 0 Å². The lowest BCUT2D eigenvalue weighted by atomic mass is 9.96. The van der Waals surface area contributed by atoms with Gasteiger partial charge in [0.2, 0.25) is 0 Å². The maximum Gasteiger partial charge on any atom is 0.346 e. The SMILES string of the molecule is O=C1OC(=O)c2cc(Br)cc3c([N+](=O)[O-])ccc1c23. The summed E-state index contributed by atoms with van der Waals surface area (Å²) >= 11 is 3.18. The van der Waals surface area contributed by atoms with Gasteiger partial charge in [-0.05, 0) is 18.2 Å². The fourth-order valence-corrected chi connectivity index (χ4v) is 2.58. The van der Waals surface area contributed by atoms with Crippen molar-refractivity contribution in [1.29, 1.82) is 0 Å². The molecule has 1 heterocycles. The third kappa shape index (κ3) is 1.62. The highest BCUT2D eigenvalue weighted by Gasteiger charge is 2.30. The average molecular weight is 322 g/mol. The second-order valence-electron chi connectivity index (χ2n) is 3.94. The quantitative estimate of drug-likeness (QED) is 0.349. The van der Waals surface area contributed by atoms with Crippen molar-refractivity contribution >= 4 is 44.3 Å². The zero-order valence-electron chi connectivity index (χ0n) is 9.18. The first kappa shape index (κ1) is 11.8. The van der Waals surface area contributed by atoms with Crippen LogP contribution in [0.4, 0.5) is 5.69 Å². The Bertz CT molecular complexity index is 783. The van der Waals surface area contributed by atoms with Crippen LogP contribution in [0.25, 0.3) is 10.8 Å². The van der Waals surface area contributed by atoms with Gasteiger partial charge in [0, 0.05) is 15.9 Å². The molecule has 2 aromatic carbocycles. The smallest absolute Gasteiger partial charge is 0.346 e. The van der Waals surface area contributed by atoms with Crippen LogP contribution in [-0.4, -0.2) is 16.9 Å². The molecule has 1 aliphatic heterocycles. The Balaban J connectivity index is 2.56. The highest BCUT2D eigenvalue weighted by molar-refractivity contribution is 9.10. The first-order chi connectivity index (χ1) is 8.99. The first-order valence-corrected chi connectivity index (χ1v) is 5.95. The molecule has 0 amide bonds. The Morgan fingerprint density at radius 3 is 2.47 bits per heavy atom. The Kier molecular flexibility index (Phi) is 2.39. The van der Waals surface area contributed by atoms with Crippen molar-refractivity contribution in [3.8, 4) is 0 Å². The van der Waals surface area contributed by atoms with Crippen LogP contribution in [0.1, 0.15) is 20.7 Å². The molecule has 0 unspecified atom stereocenters. The van der Waals surface area contributed by atoms with Gasteiger partial charge in [-0.2, -0.15) is 0 Å². The van der Waals surface area contributed by atoms with Crippen molar-refractivity contribution in [2.45, 2.75) is 0 Å². The molecule has 0 radical (unpaired) electrons. The van der Waals surface area contributed by atoms with Gasteiger partial charge in [-0.3, -0.25) is 10.1 Å². The lowest BCUT2D eigenvalue weighted by Crippen LogP contribution is -2.19. The van der Waals surface area contributed by atoms with Crippen molar-refractivity contribution < 1.29 is 19.2 Å². The van der Waals surface area contributed by atoms with E-state index in [-0.39, 0.29) is 27.6 Å². The first-order valence-electron chi connectivity index (χ1n) is 5.16. The van der Waals surface area contributed by atoms with Gasteiger partial charge in [0.1, 0.15) is 0 Å².